The van der Waals surface area contributed by atoms with Gasteiger partial charge in [-0.3, -0.25) is 19.8 Å². The van der Waals surface area contributed by atoms with Crippen molar-refractivity contribution in [3.63, 3.8) is 0 Å². The number of carbonyl (C=O) groups is 3. The zero-order chi connectivity index (χ0) is 26.0. The number of ether oxygens (including phenoxy) is 1. The largest absolute Gasteiger partial charge is 0.485 e. The minimum Gasteiger partial charge on any atom is -0.485 e. The Morgan fingerprint density at radius 3 is 2.37 bits per heavy atom. The first-order valence-electron chi connectivity index (χ1n) is 10.2. The molecule has 4 amide bonds. The molecule has 3 rings (SSSR count). The third kappa shape index (κ3) is 5.37. The van der Waals surface area contributed by atoms with Crippen LogP contribution in [0.25, 0.3) is 0 Å². The van der Waals surface area contributed by atoms with Gasteiger partial charge in [-0.25, -0.2) is 27.8 Å². The third-order valence-electron chi connectivity index (χ3n) is 5.39. The summed E-state index contributed by atoms with van der Waals surface area (Å²) >= 11 is 0. The van der Waals surface area contributed by atoms with Gasteiger partial charge in [-0.05, 0) is 56.3 Å². The quantitative estimate of drug-likeness (QED) is 0.384. The summed E-state index contributed by atoms with van der Waals surface area (Å²) in [6.07, 6.45) is -2.39. The van der Waals surface area contributed by atoms with Crippen molar-refractivity contribution in [3.05, 3.63) is 48.3 Å². The zero-order valence-corrected chi connectivity index (χ0v) is 19.8. The van der Waals surface area contributed by atoms with Crippen LogP contribution in [0.15, 0.2) is 47.4 Å². The number of hydrogen-bond acceptors (Lipinski definition) is 6. The Hall–Kier alpha value is -4.07. The average Bonchev–Trinajstić information content (AvgIpc) is 2.81. The van der Waals surface area contributed by atoms with Crippen molar-refractivity contribution in [1.29, 1.82) is 0 Å². The van der Waals surface area contributed by atoms with Crippen molar-refractivity contribution in [1.82, 2.24) is 16.2 Å². The van der Waals surface area contributed by atoms with Gasteiger partial charge in [0.1, 0.15) is 17.7 Å². The van der Waals surface area contributed by atoms with E-state index in [0.29, 0.717) is 0 Å². The summed E-state index contributed by atoms with van der Waals surface area (Å²) in [5.74, 6) is -1.21. The Kier molecular flexibility index (Phi) is 7.05. The van der Waals surface area contributed by atoms with Crippen LogP contribution in [-0.2, 0) is 14.8 Å². The molecule has 5 N–H and O–H groups in total. The Labute approximate surface area is 200 Å². The summed E-state index contributed by atoms with van der Waals surface area (Å²) in [6.45, 7) is 2.67. The van der Waals surface area contributed by atoms with Crippen LogP contribution in [0.4, 0.5) is 25.4 Å². The molecule has 1 aliphatic rings. The van der Waals surface area contributed by atoms with Gasteiger partial charge in [0, 0.05) is 12.7 Å². The maximum Gasteiger partial charge on any atom is 0.409 e. The number of fused-ring (bicyclic) bond motifs is 1. The lowest BCUT2D eigenvalue weighted by atomic mass is 9.84. The summed E-state index contributed by atoms with van der Waals surface area (Å²) < 4.78 is 47.4. The fourth-order valence-corrected chi connectivity index (χ4v) is 4.74. The Morgan fingerprint density at radius 1 is 1.11 bits per heavy atom. The van der Waals surface area contributed by atoms with Gasteiger partial charge >= 0.3 is 12.1 Å². The van der Waals surface area contributed by atoms with E-state index in [9.17, 15) is 27.2 Å². The Balaban J connectivity index is 2.04. The predicted octanol–water partition coefficient (Wildman–Crippen LogP) is 1.86. The van der Waals surface area contributed by atoms with Crippen LogP contribution < -0.4 is 30.5 Å². The number of benzene rings is 2. The van der Waals surface area contributed by atoms with Crippen LogP contribution in [0, 0.1) is 11.2 Å². The molecule has 12 nitrogen and oxygen atoms in total. The number of carboxylic acid groups (broad SMARTS) is 1. The molecule has 0 radical (unpaired) electrons. The summed E-state index contributed by atoms with van der Waals surface area (Å²) in [7, 11) is -2.93. The molecule has 1 atom stereocenters. The number of carbonyl (C=O) groups excluding carboxylic acids is 2. The van der Waals surface area contributed by atoms with Gasteiger partial charge in [0.15, 0.2) is 0 Å². The van der Waals surface area contributed by atoms with Crippen molar-refractivity contribution >= 4 is 39.4 Å². The topological polar surface area (TPSA) is 166 Å². The second-order valence-corrected chi connectivity index (χ2v) is 9.95. The number of halogens is 1. The smallest absolute Gasteiger partial charge is 0.409 e. The number of rotatable bonds is 5. The molecule has 0 saturated carbocycles. The SMILES string of the molecule is CNC(=O)NNC(=O)C(C)(C)C1CN(S(=O)(=O)c2ccc(F)cc2)c2cc(NC(=O)O)ccc2O1. The number of nitrogens with zero attached hydrogens (tertiary/aromatic N) is 1. The summed E-state index contributed by atoms with van der Waals surface area (Å²) in [6, 6.07) is 7.54. The minimum atomic E-state index is -4.29. The van der Waals surface area contributed by atoms with Crippen molar-refractivity contribution < 1.29 is 37.0 Å². The average molecular weight is 510 g/mol. The molecule has 0 bridgehead atoms. The van der Waals surface area contributed by atoms with E-state index in [1.807, 2.05) is 0 Å². The van der Waals surface area contributed by atoms with E-state index in [0.717, 1.165) is 28.6 Å². The lowest BCUT2D eigenvalue weighted by molar-refractivity contribution is -0.134. The normalized spacial score (nSPS) is 15.3. The fraction of sp³-hybridized carbons (Fsp3) is 0.286. The molecule has 35 heavy (non-hydrogen) atoms. The molecule has 1 aliphatic heterocycles. The van der Waals surface area contributed by atoms with Crippen molar-refractivity contribution in [2.75, 3.05) is 23.2 Å². The van der Waals surface area contributed by atoms with Crippen LogP contribution in [0.5, 0.6) is 5.75 Å². The highest BCUT2D eigenvalue weighted by Crippen LogP contribution is 2.42. The molecule has 1 unspecified atom stereocenters. The predicted molar refractivity (Wildman–Crippen MR) is 123 cm³/mol. The number of urea groups is 1. The molecule has 188 valence electrons. The molecule has 2 aromatic carbocycles. The molecule has 14 heteroatoms. The van der Waals surface area contributed by atoms with E-state index in [1.165, 1.54) is 39.1 Å². The third-order valence-corrected chi connectivity index (χ3v) is 7.18. The van der Waals surface area contributed by atoms with Crippen LogP contribution in [0.1, 0.15) is 13.8 Å². The van der Waals surface area contributed by atoms with E-state index in [4.69, 9.17) is 9.84 Å². The number of sulfonamides is 1. The van der Waals surface area contributed by atoms with Gasteiger partial charge in [0.2, 0.25) is 5.91 Å². The highest BCUT2D eigenvalue weighted by Gasteiger charge is 2.45. The van der Waals surface area contributed by atoms with Gasteiger partial charge < -0.3 is 15.2 Å². The summed E-state index contributed by atoms with van der Waals surface area (Å²) in [4.78, 5) is 35.1. The number of hydrazine groups is 1. The molecule has 0 saturated heterocycles. The number of hydrogen-bond donors (Lipinski definition) is 5. The summed E-state index contributed by atoms with van der Waals surface area (Å²) in [5.41, 5.74) is 3.17. The molecule has 0 fully saturated rings. The highest BCUT2D eigenvalue weighted by atomic mass is 32.2. The van der Waals surface area contributed by atoms with Gasteiger partial charge in [-0.2, -0.15) is 0 Å². The second-order valence-electron chi connectivity index (χ2n) is 8.09. The maximum atomic E-state index is 13.5. The van der Waals surface area contributed by atoms with Gasteiger partial charge in [0.05, 0.1) is 22.5 Å². The first-order valence-corrected chi connectivity index (χ1v) is 11.7. The Morgan fingerprint density at radius 2 is 1.77 bits per heavy atom. The van der Waals surface area contributed by atoms with Crippen molar-refractivity contribution in [2.24, 2.45) is 5.41 Å². The molecule has 0 aromatic heterocycles. The molecular weight excluding hydrogens is 485 g/mol. The highest BCUT2D eigenvalue weighted by molar-refractivity contribution is 7.92. The van der Waals surface area contributed by atoms with Crippen LogP contribution in [0.3, 0.4) is 0 Å². The number of anilines is 2. The van der Waals surface area contributed by atoms with E-state index in [-0.39, 0.29) is 28.6 Å². The number of nitrogens with one attached hydrogen (secondary N) is 4. The molecule has 2 aromatic rings. The lowest BCUT2D eigenvalue weighted by Gasteiger charge is -2.41. The number of amides is 4. The fourth-order valence-electron chi connectivity index (χ4n) is 3.27. The van der Waals surface area contributed by atoms with Gasteiger partial charge in [-0.1, -0.05) is 0 Å². The van der Waals surface area contributed by atoms with E-state index in [2.05, 4.69) is 21.5 Å². The van der Waals surface area contributed by atoms with Crippen LogP contribution in [0.2, 0.25) is 0 Å². The van der Waals surface area contributed by atoms with Crippen LogP contribution >= 0.6 is 0 Å². The minimum absolute atomic E-state index is 0.0246. The van der Waals surface area contributed by atoms with Crippen LogP contribution in [-0.4, -0.2) is 51.3 Å². The van der Waals surface area contributed by atoms with Crippen molar-refractivity contribution in [2.45, 2.75) is 24.8 Å². The maximum absolute atomic E-state index is 13.5. The monoisotopic (exact) mass is 509 g/mol. The molecule has 1 heterocycles. The first-order chi connectivity index (χ1) is 16.4. The molecule has 0 aliphatic carbocycles. The van der Waals surface area contributed by atoms with Gasteiger partial charge in [-0.15, -0.1) is 0 Å². The van der Waals surface area contributed by atoms with E-state index >= 15 is 0 Å². The second kappa shape index (κ2) is 9.66. The lowest BCUT2D eigenvalue weighted by Crippen LogP contribution is -2.58. The molecule has 0 spiro atoms. The molecular formula is C21H24FN5O7S. The van der Waals surface area contributed by atoms with Gasteiger partial charge in [0.25, 0.3) is 10.0 Å². The zero-order valence-electron chi connectivity index (χ0n) is 19.0. The first kappa shape index (κ1) is 25.6. The van der Waals surface area contributed by atoms with Crippen molar-refractivity contribution in [3.8, 4) is 5.75 Å². The summed E-state index contributed by atoms with van der Waals surface area (Å²) in [5, 5.41) is 13.4. The van der Waals surface area contributed by atoms with E-state index < -0.39 is 45.4 Å². The standard InChI is InChI=1S/C21H24FN5O7S/c1-21(2,18(28)25-26-19(29)23-3)17-11-27(35(32,33)14-7-4-12(22)5-8-14)15-10-13(24-20(30)31)6-9-16(15)34-17/h4-10,17,24H,11H2,1-3H3,(H,25,28)(H,30,31)(H2,23,26,29). The Bertz CT molecular complexity index is 1250. The van der Waals surface area contributed by atoms with E-state index in [1.54, 1.807) is 0 Å².